The lowest BCUT2D eigenvalue weighted by atomic mass is 10.3. The summed E-state index contributed by atoms with van der Waals surface area (Å²) in [4.78, 5) is 4.19. The van der Waals surface area contributed by atoms with Gasteiger partial charge >= 0.3 is 0 Å². The van der Waals surface area contributed by atoms with Crippen molar-refractivity contribution in [3.63, 3.8) is 0 Å². The van der Waals surface area contributed by atoms with Gasteiger partial charge in [-0.1, -0.05) is 0 Å². The lowest BCUT2D eigenvalue weighted by Gasteiger charge is -2.16. The van der Waals surface area contributed by atoms with Crippen LogP contribution in [0.5, 0.6) is 0 Å². The van der Waals surface area contributed by atoms with Crippen molar-refractivity contribution < 1.29 is 13.5 Å². The zero-order valence-corrected chi connectivity index (χ0v) is 9.79. The quantitative estimate of drug-likeness (QED) is 0.800. The second-order valence-corrected chi connectivity index (χ2v) is 6.17. The Morgan fingerprint density at radius 1 is 1.56 bits per heavy atom. The molecule has 0 unspecified atom stereocenters. The van der Waals surface area contributed by atoms with Gasteiger partial charge in [0.05, 0.1) is 12.1 Å². The molecule has 0 aromatic carbocycles. The Hall–Kier alpha value is -1.14. The number of sulfone groups is 1. The predicted molar refractivity (Wildman–Crippen MR) is 60.0 cm³/mol. The van der Waals surface area contributed by atoms with Gasteiger partial charge in [-0.25, -0.2) is 13.4 Å². The Kier molecular flexibility index (Phi) is 2.63. The molecule has 1 fully saturated rings. The smallest absolute Gasteiger partial charge is 0.179 e. The van der Waals surface area contributed by atoms with Gasteiger partial charge in [0.15, 0.2) is 9.84 Å². The number of nitrogens with one attached hydrogen (secondary N) is 1. The molecule has 1 aromatic heterocycles. The van der Waals surface area contributed by atoms with Crippen molar-refractivity contribution in [3.05, 3.63) is 18.3 Å². The summed E-state index contributed by atoms with van der Waals surface area (Å²) in [6.45, 7) is -0.00717. The van der Waals surface area contributed by atoms with Crippen molar-refractivity contribution in [1.82, 2.24) is 4.98 Å². The molecule has 2 rings (SSSR count). The molecule has 1 aromatic rings. The maximum Gasteiger partial charge on any atom is 0.179 e. The summed E-state index contributed by atoms with van der Waals surface area (Å²) in [7, 11) is -3.29. The van der Waals surface area contributed by atoms with E-state index in [1.165, 1.54) is 12.3 Å². The van der Waals surface area contributed by atoms with Crippen LogP contribution in [-0.4, -0.2) is 36.9 Å². The molecular formula is C10H14N2O3S. The number of nitrogens with zero attached hydrogens (tertiary/aromatic N) is 1. The first-order chi connectivity index (χ1) is 7.47. The number of hydrogen-bond donors (Lipinski definition) is 2. The van der Waals surface area contributed by atoms with E-state index in [0.717, 1.165) is 19.1 Å². The fourth-order valence-electron chi connectivity index (χ4n) is 1.51. The maximum absolute atomic E-state index is 11.5. The summed E-state index contributed by atoms with van der Waals surface area (Å²) >= 11 is 0. The Bertz CT molecular complexity index is 495. The summed E-state index contributed by atoms with van der Waals surface area (Å²) in [6, 6.07) is 3.10. The number of rotatable bonds is 4. The normalized spacial score (nSPS) is 18.1. The number of hydrogen-bond acceptors (Lipinski definition) is 5. The molecular weight excluding hydrogens is 228 g/mol. The number of anilines is 1. The second-order valence-electron chi connectivity index (χ2n) is 4.19. The van der Waals surface area contributed by atoms with Crippen LogP contribution in [0.3, 0.4) is 0 Å². The van der Waals surface area contributed by atoms with E-state index >= 15 is 0 Å². The van der Waals surface area contributed by atoms with Crippen LogP contribution < -0.4 is 5.32 Å². The monoisotopic (exact) mass is 242 g/mol. The van der Waals surface area contributed by atoms with Crippen LogP contribution in [0.25, 0.3) is 0 Å². The van der Waals surface area contributed by atoms with Crippen LogP contribution in [0, 0.1) is 0 Å². The number of aliphatic hydroxyl groups is 1. The van der Waals surface area contributed by atoms with E-state index in [2.05, 4.69) is 10.3 Å². The molecule has 88 valence electrons. The average Bonchev–Trinajstić information content (AvgIpc) is 2.98. The number of pyridine rings is 1. The van der Waals surface area contributed by atoms with E-state index in [1.54, 1.807) is 6.07 Å². The largest absolute Gasteiger partial charge is 0.394 e. The minimum absolute atomic E-state index is 0.00717. The lowest BCUT2D eigenvalue weighted by molar-refractivity contribution is 0.265. The summed E-state index contributed by atoms with van der Waals surface area (Å²) in [5.74, 6) is 0.330. The van der Waals surface area contributed by atoms with Crippen LogP contribution in [0.15, 0.2) is 23.2 Å². The van der Waals surface area contributed by atoms with Gasteiger partial charge in [-0.3, -0.25) is 0 Å². The SMILES string of the molecule is CS(=O)(=O)c1cccnc1NC1(CO)CC1. The fraction of sp³-hybridized carbons (Fsp3) is 0.500. The van der Waals surface area contributed by atoms with Gasteiger partial charge in [0.2, 0.25) is 0 Å². The summed E-state index contributed by atoms with van der Waals surface area (Å²) in [5.41, 5.74) is -0.367. The first kappa shape index (κ1) is 11.3. The highest BCUT2D eigenvalue weighted by atomic mass is 32.2. The molecule has 0 aliphatic heterocycles. The van der Waals surface area contributed by atoms with Crippen molar-refractivity contribution in [2.45, 2.75) is 23.3 Å². The molecule has 1 aliphatic carbocycles. The minimum Gasteiger partial charge on any atom is -0.394 e. The second kappa shape index (κ2) is 3.71. The molecule has 0 amide bonds. The highest BCUT2D eigenvalue weighted by molar-refractivity contribution is 7.90. The van der Waals surface area contributed by atoms with Gasteiger partial charge in [-0.05, 0) is 25.0 Å². The maximum atomic E-state index is 11.5. The molecule has 1 aliphatic rings. The van der Waals surface area contributed by atoms with Gasteiger partial charge in [0, 0.05) is 12.5 Å². The molecule has 5 nitrogen and oxygen atoms in total. The first-order valence-electron chi connectivity index (χ1n) is 5.01. The third-order valence-corrected chi connectivity index (χ3v) is 3.84. The van der Waals surface area contributed by atoms with Crippen LogP contribution in [0.4, 0.5) is 5.82 Å². The predicted octanol–water partition coefficient (Wildman–Crippen LogP) is 0.422. The summed E-state index contributed by atoms with van der Waals surface area (Å²) in [6.07, 6.45) is 4.35. The molecule has 0 spiro atoms. The number of aliphatic hydroxyl groups excluding tert-OH is 1. The Morgan fingerprint density at radius 2 is 2.25 bits per heavy atom. The molecule has 2 N–H and O–H groups in total. The third kappa shape index (κ3) is 2.17. The zero-order chi connectivity index (χ0) is 11.8. The highest BCUT2D eigenvalue weighted by Crippen LogP contribution is 2.38. The Morgan fingerprint density at radius 3 is 2.75 bits per heavy atom. The standard InChI is InChI=1S/C10H14N2O3S/c1-16(14,15)8-3-2-6-11-9(8)12-10(7-13)4-5-10/h2-3,6,13H,4-5,7H2,1H3,(H,11,12). The molecule has 0 radical (unpaired) electrons. The Balaban J connectivity index is 2.34. The van der Waals surface area contributed by atoms with Crippen molar-refractivity contribution >= 4 is 15.7 Å². The van der Waals surface area contributed by atoms with Crippen molar-refractivity contribution in [3.8, 4) is 0 Å². The molecule has 1 heterocycles. The van der Waals surface area contributed by atoms with E-state index in [9.17, 15) is 13.5 Å². The Labute approximate surface area is 94.4 Å². The van der Waals surface area contributed by atoms with Crippen molar-refractivity contribution in [2.75, 3.05) is 18.2 Å². The molecule has 0 saturated heterocycles. The molecule has 1 saturated carbocycles. The van der Waals surface area contributed by atoms with Gasteiger partial charge in [0.1, 0.15) is 10.7 Å². The zero-order valence-electron chi connectivity index (χ0n) is 8.97. The van der Waals surface area contributed by atoms with Crippen LogP contribution in [-0.2, 0) is 9.84 Å². The first-order valence-corrected chi connectivity index (χ1v) is 6.90. The number of aromatic nitrogens is 1. The fourth-order valence-corrected chi connectivity index (χ4v) is 2.29. The van der Waals surface area contributed by atoms with Gasteiger partial charge in [-0.15, -0.1) is 0 Å². The molecule has 0 atom stereocenters. The van der Waals surface area contributed by atoms with Crippen LogP contribution in [0.1, 0.15) is 12.8 Å². The lowest BCUT2D eigenvalue weighted by Crippen LogP contribution is -2.27. The molecule has 6 heteroatoms. The van der Waals surface area contributed by atoms with Crippen molar-refractivity contribution in [2.24, 2.45) is 0 Å². The van der Waals surface area contributed by atoms with Gasteiger partial charge < -0.3 is 10.4 Å². The van der Waals surface area contributed by atoms with Crippen LogP contribution in [0.2, 0.25) is 0 Å². The van der Waals surface area contributed by atoms with E-state index in [4.69, 9.17) is 0 Å². The molecule has 16 heavy (non-hydrogen) atoms. The van der Waals surface area contributed by atoms with E-state index < -0.39 is 9.84 Å². The average molecular weight is 242 g/mol. The van der Waals surface area contributed by atoms with E-state index in [0.29, 0.717) is 5.82 Å². The van der Waals surface area contributed by atoms with Gasteiger partial charge in [0.25, 0.3) is 0 Å². The van der Waals surface area contributed by atoms with Crippen molar-refractivity contribution in [1.29, 1.82) is 0 Å². The summed E-state index contributed by atoms with van der Waals surface area (Å²) in [5, 5.41) is 12.2. The summed E-state index contributed by atoms with van der Waals surface area (Å²) < 4.78 is 23.0. The third-order valence-electron chi connectivity index (χ3n) is 2.71. The van der Waals surface area contributed by atoms with E-state index in [-0.39, 0.29) is 17.0 Å². The molecule has 0 bridgehead atoms. The van der Waals surface area contributed by atoms with E-state index in [1.807, 2.05) is 0 Å². The van der Waals surface area contributed by atoms with Crippen LogP contribution >= 0.6 is 0 Å². The topological polar surface area (TPSA) is 79.3 Å². The minimum atomic E-state index is -3.29. The highest BCUT2D eigenvalue weighted by Gasteiger charge is 2.43. The van der Waals surface area contributed by atoms with Gasteiger partial charge in [-0.2, -0.15) is 0 Å².